The zero-order valence-corrected chi connectivity index (χ0v) is 10.6. The highest BCUT2D eigenvalue weighted by Gasteiger charge is 2.32. The molecular formula is C14H19NS. The molecule has 3 atom stereocenters. The van der Waals surface area contributed by atoms with Crippen molar-refractivity contribution in [3.63, 3.8) is 0 Å². The molecule has 0 aromatic heterocycles. The van der Waals surface area contributed by atoms with Gasteiger partial charge in [-0.3, -0.25) is 0 Å². The van der Waals surface area contributed by atoms with Crippen LogP contribution < -0.4 is 5.32 Å². The summed E-state index contributed by atoms with van der Waals surface area (Å²) >= 11 is 2.17. The normalized spacial score (nSPS) is 33.7. The quantitative estimate of drug-likeness (QED) is 0.739. The lowest BCUT2D eigenvalue weighted by Crippen LogP contribution is -2.42. The van der Waals surface area contributed by atoms with Crippen LogP contribution in [-0.2, 0) is 6.42 Å². The van der Waals surface area contributed by atoms with Gasteiger partial charge in [0.05, 0.1) is 0 Å². The van der Waals surface area contributed by atoms with Gasteiger partial charge in [0.1, 0.15) is 0 Å². The molecule has 0 bridgehead atoms. The monoisotopic (exact) mass is 233 g/mol. The van der Waals surface area contributed by atoms with Crippen LogP contribution in [0.2, 0.25) is 0 Å². The van der Waals surface area contributed by atoms with Crippen LogP contribution in [0.15, 0.2) is 24.3 Å². The van der Waals surface area contributed by atoms with Crippen molar-refractivity contribution < 1.29 is 0 Å². The lowest BCUT2D eigenvalue weighted by atomic mass is 9.98. The molecule has 3 rings (SSSR count). The van der Waals surface area contributed by atoms with E-state index >= 15 is 0 Å². The SMILES string of the molecule is CC1CSC2CCCc3ccccc3C2N1. The molecule has 1 nitrogen and oxygen atoms in total. The Hall–Kier alpha value is -0.470. The van der Waals surface area contributed by atoms with Crippen LogP contribution in [0.3, 0.4) is 0 Å². The average molecular weight is 233 g/mol. The van der Waals surface area contributed by atoms with Gasteiger partial charge in [-0.2, -0.15) is 11.8 Å². The molecule has 2 heteroatoms. The Kier molecular flexibility index (Phi) is 2.95. The summed E-state index contributed by atoms with van der Waals surface area (Å²) in [6.07, 6.45) is 3.98. The summed E-state index contributed by atoms with van der Waals surface area (Å²) < 4.78 is 0. The van der Waals surface area contributed by atoms with Gasteiger partial charge in [0.25, 0.3) is 0 Å². The Balaban J connectivity index is 1.97. The first-order chi connectivity index (χ1) is 7.84. The van der Waals surface area contributed by atoms with E-state index in [4.69, 9.17) is 0 Å². The van der Waals surface area contributed by atoms with Gasteiger partial charge in [-0.1, -0.05) is 24.3 Å². The minimum Gasteiger partial charge on any atom is -0.306 e. The van der Waals surface area contributed by atoms with Crippen LogP contribution in [0.4, 0.5) is 0 Å². The van der Waals surface area contributed by atoms with Crippen molar-refractivity contribution in [2.24, 2.45) is 0 Å². The minimum atomic E-state index is 0.590. The second-order valence-corrected chi connectivity index (χ2v) is 6.28. The van der Waals surface area contributed by atoms with E-state index in [0.29, 0.717) is 12.1 Å². The topological polar surface area (TPSA) is 12.0 Å². The number of benzene rings is 1. The van der Waals surface area contributed by atoms with E-state index in [-0.39, 0.29) is 0 Å². The van der Waals surface area contributed by atoms with Gasteiger partial charge < -0.3 is 5.32 Å². The van der Waals surface area contributed by atoms with Gasteiger partial charge >= 0.3 is 0 Å². The predicted octanol–water partition coefficient (Wildman–Crippen LogP) is 3.16. The fourth-order valence-electron chi connectivity index (χ4n) is 2.93. The van der Waals surface area contributed by atoms with Gasteiger partial charge in [-0.15, -0.1) is 0 Å². The number of aryl methyl sites for hydroxylation is 1. The van der Waals surface area contributed by atoms with Crippen LogP contribution in [0.25, 0.3) is 0 Å². The largest absolute Gasteiger partial charge is 0.306 e. The fraction of sp³-hybridized carbons (Fsp3) is 0.571. The Morgan fingerprint density at radius 2 is 2.19 bits per heavy atom. The first-order valence-corrected chi connectivity index (χ1v) is 7.35. The van der Waals surface area contributed by atoms with Crippen LogP contribution >= 0.6 is 11.8 Å². The predicted molar refractivity (Wildman–Crippen MR) is 71.0 cm³/mol. The molecule has 1 heterocycles. The molecule has 1 saturated heterocycles. The molecule has 86 valence electrons. The zero-order valence-electron chi connectivity index (χ0n) is 9.78. The van der Waals surface area contributed by atoms with Crippen molar-refractivity contribution in [2.75, 3.05) is 5.75 Å². The number of thioether (sulfide) groups is 1. The van der Waals surface area contributed by atoms with Crippen molar-refractivity contribution in [1.29, 1.82) is 0 Å². The Morgan fingerprint density at radius 3 is 3.12 bits per heavy atom. The number of nitrogens with one attached hydrogen (secondary N) is 1. The fourth-order valence-corrected chi connectivity index (χ4v) is 4.31. The summed E-state index contributed by atoms with van der Waals surface area (Å²) in [5, 5.41) is 4.59. The van der Waals surface area contributed by atoms with Gasteiger partial charge in [0, 0.05) is 23.1 Å². The van der Waals surface area contributed by atoms with E-state index in [2.05, 4.69) is 48.3 Å². The molecular weight excluding hydrogens is 214 g/mol. The van der Waals surface area contributed by atoms with Gasteiger partial charge in [0.2, 0.25) is 0 Å². The second kappa shape index (κ2) is 4.42. The highest BCUT2D eigenvalue weighted by atomic mass is 32.2. The first kappa shape index (κ1) is 10.7. The number of fused-ring (bicyclic) bond motifs is 3. The van der Waals surface area contributed by atoms with E-state index < -0.39 is 0 Å². The second-order valence-electron chi connectivity index (χ2n) is 5.01. The van der Waals surface area contributed by atoms with Gasteiger partial charge in [-0.25, -0.2) is 0 Å². The van der Waals surface area contributed by atoms with E-state index in [1.807, 2.05) is 0 Å². The Bertz CT molecular complexity index is 375. The van der Waals surface area contributed by atoms with Crippen molar-refractivity contribution in [1.82, 2.24) is 5.32 Å². The molecule has 2 aliphatic rings. The van der Waals surface area contributed by atoms with E-state index in [1.165, 1.54) is 25.0 Å². The molecule has 1 aliphatic heterocycles. The summed E-state index contributed by atoms with van der Waals surface area (Å²) in [4.78, 5) is 0. The number of rotatable bonds is 0. The molecule has 3 unspecified atom stereocenters. The van der Waals surface area contributed by atoms with E-state index in [0.717, 1.165) is 5.25 Å². The first-order valence-electron chi connectivity index (χ1n) is 6.30. The average Bonchev–Trinajstić information content (AvgIpc) is 2.48. The third-order valence-electron chi connectivity index (χ3n) is 3.72. The van der Waals surface area contributed by atoms with E-state index in [1.54, 1.807) is 11.1 Å². The zero-order chi connectivity index (χ0) is 11.0. The van der Waals surface area contributed by atoms with Crippen molar-refractivity contribution >= 4 is 11.8 Å². The van der Waals surface area contributed by atoms with Crippen molar-refractivity contribution in [3.05, 3.63) is 35.4 Å². The molecule has 0 amide bonds. The summed E-state index contributed by atoms with van der Waals surface area (Å²) in [6, 6.07) is 10.2. The minimum absolute atomic E-state index is 0.590. The lowest BCUT2D eigenvalue weighted by Gasteiger charge is -2.35. The third kappa shape index (κ3) is 1.89. The maximum atomic E-state index is 3.79. The Morgan fingerprint density at radius 1 is 1.31 bits per heavy atom. The molecule has 1 fully saturated rings. The van der Waals surface area contributed by atoms with Gasteiger partial charge in [-0.05, 0) is 37.3 Å². The van der Waals surface area contributed by atoms with Crippen molar-refractivity contribution in [2.45, 2.75) is 43.5 Å². The molecule has 1 aromatic carbocycles. The van der Waals surface area contributed by atoms with Crippen LogP contribution in [0.5, 0.6) is 0 Å². The maximum Gasteiger partial charge on any atom is 0.0445 e. The molecule has 0 saturated carbocycles. The smallest absolute Gasteiger partial charge is 0.0445 e. The Labute approximate surface area is 102 Å². The highest BCUT2D eigenvalue weighted by molar-refractivity contribution is 8.00. The summed E-state index contributed by atoms with van der Waals surface area (Å²) in [5.74, 6) is 1.27. The third-order valence-corrected chi connectivity index (χ3v) is 5.35. The van der Waals surface area contributed by atoms with Crippen LogP contribution in [0.1, 0.15) is 36.9 Å². The number of hydrogen-bond donors (Lipinski definition) is 1. The summed E-state index contributed by atoms with van der Waals surface area (Å²) in [7, 11) is 0. The van der Waals surface area contributed by atoms with Crippen LogP contribution in [0, 0.1) is 0 Å². The summed E-state index contributed by atoms with van der Waals surface area (Å²) in [6.45, 7) is 2.30. The molecule has 0 spiro atoms. The van der Waals surface area contributed by atoms with E-state index in [9.17, 15) is 0 Å². The molecule has 1 aromatic rings. The summed E-state index contributed by atoms with van der Waals surface area (Å²) in [5.41, 5.74) is 3.13. The number of hydrogen-bond acceptors (Lipinski definition) is 2. The molecule has 16 heavy (non-hydrogen) atoms. The lowest BCUT2D eigenvalue weighted by molar-refractivity contribution is 0.442. The molecule has 1 aliphatic carbocycles. The van der Waals surface area contributed by atoms with Crippen LogP contribution in [-0.4, -0.2) is 17.0 Å². The van der Waals surface area contributed by atoms with Gasteiger partial charge in [0.15, 0.2) is 0 Å². The molecule has 0 radical (unpaired) electrons. The maximum absolute atomic E-state index is 3.79. The van der Waals surface area contributed by atoms with Crippen molar-refractivity contribution in [3.8, 4) is 0 Å². The molecule has 1 N–H and O–H groups in total. The standard InChI is InChI=1S/C14H19NS/c1-10-9-16-13-8-4-6-11-5-2-3-7-12(11)14(13)15-10/h2-3,5,7,10,13-15H,4,6,8-9H2,1H3. The highest BCUT2D eigenvalue weighted by Crippen LogP contribution is 2.38.